The molecular formula is C8H9F3N2O3. The standard InChI is InChI=1S/C8H9F3N2O3/c1-7(2,8(9,10)11)4-3-5(13-16-4)15-6(12)14/h3H,1-2H3,(H2,12,14). The molecule has 90 valence electrons. The summed E-state index contributed by atoms with van der Waals surface area (Å²) in [4.78, 5) is 10.3. The van der Waals surface area contributed by atoms with Crippen LogP contribution in [0.1, 0.15) is 19.6 Å². The van der Waals surface area contributed by atoms with Crippen molar-refractivity contribution in [1.82, 2.24) is 5.16 Å². The highest BCUT2D eigenvalue weighted by Crippen LogP contribution is 2.41. The van der Waals surface area contributed by atoms with E-state index in [-0.39, 0.29) is 0 Å². The molecule has 0 bridgehead atoms. The van der Waals surface area contributed by atoms with Crippen LogP contribution in [0.2, 0.25) is 0 Å². The molecule has 0 saturated heterocycles. The SMILES string of the molecule is CC(C)(c1cc(OC(N)=O)no1)C(F)(F)F. The maximum Gasteiger partial charge on any atom is 0.411 e. The van der Waals surface area contributed by atoms with Gasteiger partial charge in [0.05, 0.1) is 0 Å². The van der Waals surface area contributed by atoms with Gasteiger partial charge in [-0.3, -0.25) is 0 Å². The minimum Gasteiger partial charge on any atom is -0.388 e. The van der Waals surface area contributed by atoms with E-state index in [1.807, 2.05) is 0 Å². The number of amides is 1. The lowest BCUT2D eigenvalue weighted by Crippen LogP contribution is -2.35. The maximum absolute atomic E-state index is 12.6. The second kappa shape index (κ2) is 3.69. The number of aromatic nitrogens is 1. The van der Waals surface area contributed by atoms with Gasteiger partial charge in [-0.1, -0.05) is 0 Å². The van der Waals surface area contributed by atoms with Crippen LogP contribution in [0.15, 0.2) is 10.6 Å². The molecule has 0 atom stereocenters. The highest BCUT2D eigenvalue weighted by Gasteiger charge is 2.51. The van der Waals surface area contributed by atoms with E-state index in [0.29, 0.717) is 0 Å². The number of carbonyl (C=O) groups excluding carboxylic acids is 1. The first-order chi connectivity index (χ1) is 7.14. The fraction of sp³-hybridized carbons (Fsp3) is 0.500. The van der Waals surface area contributed by atoms with E-state index in [1.54, 1.807) is 0 Å². The number of ether oxygens (including phenoxy) is 1. The number of carbonyl (C=O) groups is 1. The molecule has 0 aliphatic heterocycles. The van der Waals surface area contributed by atoms with Crippen molar-refractivity contribution < 1.29 is 27.2 Å². The van der Waals surface area contributed by atoms with Gasteiger partial charge in [0.2, 0.25) is 0 Å². The number of primary amides is 1. The predicted molar refractivity (Wildman–Crippen MR) is 45.8 cm³/mol. The Kier molecular flexibility index (Phi) is 2.85. The van der Waals surface area contributed by atoms with E-state index in [0.717, 1.165) is 19.9 Å². The summed E-state index contributed by atoms with van der Waals surface area (Å²) in [7, 11) is 0. The van der Waals surface area contributed by atoms with E-state index >= 15 is 0 Å². The van der Waals surface area contributed by atoms with E-state index < -0.39 is 29.3 Å². The molecule has 1 amide bonds. The van der Waals surface area contributed by atoms with Gasteiger partial charge in [-0.05, 0) is 19.0 Å². The van der Waals surface area contributed by atoms with Crippen LogP contribution in [0.4, 0.5) is 18.0 Å². The lowest BCUT2D eigenvalue weighted by Gasteiger charge is -2.24. The van der Waals surface area contributed by atoms with Gasteiger partial charge < -0.3 is 15.0 Å². The predicted octanol–water partition coefficient (Wildman–Crippen LogP) is 1.97. The first-order valence-electron chi connectivity index (χ1n) is 4.16. The van der Waals surface area contributed by atoms with Crippen LogP contribution < -0.4 is 10.5 Å². The van der Waals surface area contributed by atoms with Crippen molar-refractivity contribution in [2.24, 2.45) is 5.73 Å². The van der Waals surface area contributed by atoms with E-state index in [1.165, 1.54) is 0 Å². The molecule has 16 heavy (non-hydrogen) atoms. The number of hydrogen-bond acceptors (Lipinski definition) is 4. The average Bonchev–Trinajstić information content (AvgIpc) is 2.49. The van der Waals surface area contributed by atoms with Gasteiger partial charge in [0, 0.05) is 6.07 Å². The highest BCUT2D eigenvalue weighted by molar-refractivity contribution is 5.67. The van der Waals surface area contributed by atoms with Crippen LogP contribution >= 0.6 is 0 Å². The zero-order chi connectivity index (χ0) is 12.6. The van der Waals surface area contributed by atoms with Crippen molar-refractivity contribution in [2.75, 3.05) is 0 Å². The minimum absolute atomic E-state index is 0.403. The van der Waals surface area contributed by atoms with Gasteiger partial charge in [-0.2, -0.15) is 13.2 Å². The first-order valence-corrected chi connectivity index (χ1v) is 4.16. The summed E-state index contributed by atoms with van der Waals surface area (Å²) in [5, 5.41) is 3.14. The normalized spacial score (nSPS) is 12.6. The van der Waals surface area contributed by atoms with Gasteiger partial charge in [-0.25, -0.2) is 4.79 Å². The highest BCUT2D eigenvalue weighted by atomic mass is 19.4. The van der Waals surface area contributed by atoms with Crippen LogP contribution in [-0.4, -0.2) is 17.4 Å². The molecule has 2 N–H and O–H groups in total. The lowest BCUT2D eigenvalue weighted by molar-refractivity contribution is -0.185. The Labute approximate surface area is 88.3 Å². The second-order valence-corrected chi connectivity index (χ2v) is 3.57. The Morgan fingerprint density at radius 3 is 2.50 bits per heavy atom. The molecule has 0 aliphatic rings. The van der Waals surface area contributed by atoms with Crippen molar-refractivity contribution in [3.63, 3.8) is 0 Å². The molecule has 0 spiro atoms. The summed E-state index contributed by atoms with van der Waals surface area (Å²) in [5.41, 5.74) is 2.44. The van der Waals surface area contributed by atoms with E-state index in [4.69, 9.17) is 0 Å². The van der Waals surface area contributed by atoms with Crippen molar-refractivity contribution in [3.8, 4) is 5.88 Å². The number of nitrogens with two attached hydrogens (primary N) is 1. The summed E-state index contributed by atoms with van der Waals surface area (Å²) < 4.78 is 46.4. The summed E-state index contributed by atoms with van der Waals surface area (Å²) in [6, 6.07) is 0.873. The average molecular weight is 238 g/mol. The monoisotopic (exact) mass is 238 g/mol. The third-order valence-corrected chi connectivity index (χ3v) is 2.02. The molecule has 1 heterocycles. The number of alkyl halides is 3. The third kappa shape index (κ3) is 2.26. The molecule has 0 radical (unpaired) electrons. The summed E-state index contributed by atoms with van der Waals surface area (Å²) >= 11 is 0. The smallest absolute Gasteiger partial charge is 0.388 e. The Morgan fingerprint density at radius 2 is 2.06 bits per heavy atom. The molecule has 8 heteroatoms. The quantitative estimate of drug-likeness (QED) is 0.854. The van der Waals surface area contributed by atoms with Crippen LogP contribution in [0.5, 0.6) is 5.88 Å². The van der Waals surface area contributed by atoms with Crippen molar-refractivity contribution in [1.29, 1.82) is 0 Å². The minimum atomic E-state index is -4.50. The molecule has 0 unspecified atom stereocenters. The first kappa shape index (κ1) is 12.3. The lowest BCUT2D eigenvalue weighted by atomic mass is 9.90. The van der Waals surface area contributed by atoms with E-state index in [9.17, 15) is 18.0 Å². The Hall–Kier alpha value is -1.73. The topological polar surface area (TPSA) is 78.4 Å². The molecule has 0 aromatic carbocycles. The van der Waals surface area contributed by atoms with Gasteiger partial charge in [-0.15, -0.1) is 0 Å². The molecule has 0 fully saturated rings. The summed E-state index contributed by atoms with van der Waals surface area (Å²) in [6.45, 7) is 1.84. The summed E-state index contributed by atoms with van der Waals surface area (Å²) in [6.07, 6.45) is -5.68. The Morgan fingerprint density at radius 1 is 1.50 bits per heavy atom. The van der Waals surface area contributed by atoms with Crippen molar-refractivity contribution in [2.45, 2.75) is 25.4 Å². The third-order valence-electron chi connectivity index (χ3n) is 2.02. The second-order valence-electron chi connectivity index (χ2n) is 3.57. The van der Waals surface area contributed by atoms with Gasteiger partial charge in [0.1, 0.15) is 5.41 Å². The van der Waals surface area contributed by atoms with E-state index in [2.05, 4.69) is 20.2 Å². The van der Waals surface area contributed by atoms with Gasteiger partial charge in [0.15, 0.2) is 5.76 Å². The largest absolute Gasteiger partial charge is 0.411 e. The van der Waals surface area contributed by atoms with Crippen molar-refractivity contribution in [3.05, 3.63) is 11.8 Å². The fourth-order valence-corrected chi connectivity index (χ4v) is 0.844. The summed E-state index contributed by atoms with van der Waals surface area (Å²) in [5.74, 6) is -0.865. The van der Waals surface area contributed by atoms with Crippen LogP contribution in [0.3, 0.4) is 0 Å². The fourth-order valence-electron chi connectivity index (χ4n) is 0.844. The molecule has 0 saturated carbocycles. The van der Waals surface area contributed by atoms with Crippen LogP contribution in [0, 0.1) is 0 Å². The number of hydrogen-bond donors (Lipinski definition) is 1. The van der Waals surface area contributed by atoms with Gasteiger partial charge in [0.25, 0.3) is 5.88 Å². The molecule has 1 rings (SSSR count). The zero-order valence-corrected chi connectivity index (χ0v) is 8.46. The molecule has 0 aliphatic carbocycles. The maximum atomic E-state index is 12.6. The van der Waals surface area contributed by atoms with Crippen LogP contribution in [-0.2, 0) is 5.41 Å². The Bertz CT molecular complexity index is 397. The van der Waals surface area contributed by atoms with Crippen molar-refractivity contribution >= 4 is 6.09 Å². The molecular weight excluding hydrogens is 229 g/mol. The number of nitrogens with zero attached hydrogens (tertiary/aromatic N) is 1. The number of halogens is 3. The molecule has 1 aromatic heterocycles. The Balaban J connectivity index is 2.98. The molecule has 1 aromatic rings. The molecule has 5 nitrogen and oxygen atoms in total. The zero-order valence-electron chi connectivity index (χ0n) is 8.46. The van der Waals surface area contributed by atoms with Gasteiger partial charge >= 0.3 is 12.3 Å². The van der Waals surface area contributed by atoms with Crippen LogP contribution in [0.25, 0.3) is 0 Å². The number of rotatable bonds is 2.